The molecule has 0 aliphatic rings. The number of aryl methyl sites for hydroxylation is 3. The molecule has 0 bridgehead atoms. The van der Waals surface area contributed by atoms with Crippen LogP contribution in [-0.4, -0.2) is 97.4 Å². The number of pyridine rings is 3. The fraction of sp³-hybridized carbons (Fsp3) is 0.125. The van der Waals surface area contributed by atoms with Crippen LogP contribution in [0.15, 0.2) is 131 Å². The first-order chi connectivity index (χ1) is 53.0. The first-order valence-electron chi connectivity index (χ1n) is 31.1. The minimum atomic E-state index is -1.17. The van der Waals surface area contributed by atoms with Gasteiger partial charge in [0, 0.05) is 127 Å². The smallest absolute Gasteiger partial charge is 0.259 e. The summed E-state index contributed by atoms with van der Waals surface area (Å²) in [6, 6.07) is 14.3. The molecule has 0 spiro atoms. The van der Waals surface area contributed by atoms with Gasteiger partial charge in [0.15, 0.2) is 34.9 Å². The van der Waals surface area contributed by atoms with E-state index in [1.807, 2.05) is 0 Å². The Labute approximate surface area is 669 Å². The lowest BCUT2D eigenvalue weighted by molar-refractivity contribution is -0.112. The van der Waals surface area contributed by atoms with Crippen molar-refractivity contribution in [1.29, 1.82) is 0 Å². The molecule has 0 saturated heterocycles. The van der Waals surface area contributed by atoms with Crippen molar-refractivity contribution in [2.45, 2.75) is 0 Å². The Balaban J connectivity index is 0.000000195. The number of amides is 1. The highest BCUT2D eigenvalue weighted by Crippen LogP contribution is 2.49. The molecule has 6 aromatic carbocycles. The fourth-order valence-corrected chi connectivity index (χ4v) is 12.4. The molecule has 0 atom stereocenters. The molecule has 40 heteroatoms. The second-order valence-electron chi connectivity index (χ2n) is 22.5. The Morgan fingerprint density at radius 2 is 0.688 bits per heavy atom. The molecule has 12 aromatic rings. The summed E-state index contributed by atoms with van der Waals surface area (Å²) in [7, 11) is 13.2. The molecule has 584 valence electrons. The van der Waals surface area contributed by atoms with Crippen LogP contribution in [0.5, 0.6) is 34.5 Å². The molecule has 1 amide bonds. The molecule has 0 aliphatic heterocycles. The Kier molecular flexibility index (Phi) is 28.5. The number of carbonyl (C=O) groups is 2. The lowest BCUT2D eigenvalue weighted by Gasteiger charge is -2.16. The van der Waals surface area contributed by atoms with Gasteiger partial charge in [-0.3, -0.25) is 37.7 Å². The van der Waals surface area contributed by atoms with Crippen molar-refractivity contribution in [1.82, 2.24) is 43.6 Å². The van der Waals surface area contributed by atoms with Gasteiger partial charge in [0.25, 0.3) is 16.7 Å². The number of allylic oxidation sites excluding steroid dienone is 1. The number of nitrogens with zero attached hydrogens (tertiary/aromatic N) is 9. The van der Waals surface area contributed by atoms with E-state index in [-0.39, 0.29) is 149 Å². The van der Waals surface area contributed by atoms with Gasteiger partial charge in [-0.25, -0.2) is 41.3 Å². The lowest BCUT2D eigenvalue weighted by atomic mass is 10.0. The van der Waals surface area contributed by atoms with E-state index in [2.05, 4.69) is 59.0 Å². The van der Waals surface area contributed by atoms with Gasteiger partial charge in [-0.1, -0.05) is 82.8 Å². The summed E-state index contributed by atoms with van der Waals surface area (Å²) >= 11 is 49.3. The number of methoxy groups -OCH3 is 6. The van der Waals surface area contributed by atoms with Crippen LogP contribution in [0.2, 0.25) is 35.4 Å². The zero-order valence-corrected chi connectivity index (χ0v) is 65.3. The normalized spacial score (nSPS) is 10.6. The van der Waals surface area contributed by atoms with E-state index >= 15 is 0 Å². The maximum atomic E-state index is 14.0. The molecule has 0 fully saturated rings. The van der Waals surface area contributed by atoms with Crippen LogP contribution in [0.25, 0.3) is 66.5 Å². The summed E-state index contributed by atoms with van der Waals surface area (Å²) in [5.41, 5.74) is 17.0. The summed E-state index contributed by atoms with van der Waals surface area (Å²) in [5, 5.41) is 9.82. The van der Waals surface area contributed by atoms with E-state index in [4.69, 9.17) is 138 Å². The number of fused-ring (bicyclic) bond motifs is 3. The number of anilines is 8. The quantitative estimate of drug-likeness (QED) is 0.0172. The monoisotopic (exact) mass is 1700 g/mol. The number of nitrogens with two attached hydrogens (primary N) is 3. The number of aromatic nitrogens is 9. The predicted octanol–water partition coefficient (Wildman–Crippen LogP) is 16.4. The third-order valence-electron chi connectivity index (χ3n) is 15.7. The highest BCUT2D eigenvalue weighted by atomic mass is 35.5. The van der Waals surface area contributed by atoms with Crippen LogP contribution in [0.1, 0.15) is 0 Å². The fourth-order valence-electron chi connectivity index (χ4n) is 10.2. The number of ether oxygens (including phenoxy) is 6. The Morgan fingerprint density at radius 3 is 1.00 bits per heavy atom. The summed E-state index contributed by atoms with van der Waals surface area (Å²) in [5.74, 6) is -5.38. The topological polar surface area (TPSA) is 347 Å². The predicted molar refractivity (Wildman–Crippen MR) is 424 cm³/mol. The lowest BCUT2D eigenvalue weighted by Crippen LogP contribution is -2.20. The van der Waals surface area contributed by atoms with Crippen LogP contribution in [-0.2, 0) is 30.7 Å². The SMILES string of the molecule is C=CC(=O)Cl.C=CC(=O)Nc1cc(F)c(F)cc1Nc1ncc2cc(-c3c(Cl)c(OC)cc(OC)c3Cl)c(=O)n(C)c2n1.COc1cc(OC)c(Cl)c(-c2cc3cnc(Cl)nc3n(C)c2=O)c1Cl.COc1cc(OC)c(Cl)c(-c2cc3cnc(Nc4cc(F)c(F)cc4N)nc3n(C)c2=O)c1Cl.Nc1cc(F)c(F)cc1N. The van der Waals surface area contributed by atoms with Crippen molar-refractivity contribution in [3.05, 3.63) is 218 Å². The third-order valence-corrected chi connectivity index (χ3v) is 18.3. The van der Waals surface area contributed by atoms with Crippen LogP contribution < -0.4 is 78.3 Å². The number of carbonyl (C=O) groups excluding carboxylic acids is 2. The second-order valence-corrected chi connectivity index (χ2v) is 25.5. The van der Waals surface area contributed by atoms with E-state index in [0.29, 0.717) is 38.9 Å². The van der Waals surface area contributed by atoms with Crippen LogP contribution in [0, 0.1) is 34.9 Å². The van der Waals surface area contributed by atoms with Gasteiger partial charge in [-0.05, 0) is 53.6 Å². The molecule has 0 aliphatic carbocycles. The van der Waals surface area contributed by atoms with Gasteiger partial charge in [0.05, 0.1) is 124 Å². The van der Waals surface area contributed by atoms with Gasteiger partial charge in [0.2, 0.25) is 28.3 Å². The van der Waals surface area contributed by atoms with E-state index in [1.165, 1.54) is 107 Å². The maximum Gasteiger partial charge on any atom is 0.259 e. The summed E-state index contributed by atoms with van der Waals surface area (Å²) in [6.07, 6.45) is 6.40. The van der Waals surface area contributed by atoms with Gasteiger partial charge in [-0.2, -0.15) is 15.0 Å². The average Bonchev–Trinajstić information content (AvgIpc) is 0.765. The number of rotatable bonds is 16. The third kappa shape index (κ3) is 18.7. The zero-order valence-electron chi connectivity index (χ0n) is 59.3. The maximum absolute atomic E-state index is 14.0. The highest BCUT2D eigenvalue weighted by Gasteiger charge is 2.27. The molecule has 9 N–H and O–H groups in total. The zero-order chi connectivity index (χ0) is 82.8. The minimum Gasteiger partial charge on any atom is -0.495 e. The van der Waals surface area contributed by atoms with Crippen molar-refractivity contribution < 1.29 is 64.4 Å². The highest BCUT2D eigenvalue weighted by molar-refractivity contribution is 6.66. The van der Waals surface area contributed by atoms with Crippen molar-refractivity contribution in [3.8, 4) is 67.9 Å². The van der Waals surface area contributed by atoms with Crippen molar-refractivity contribution in [2.75, 3.05) is 75.8 Å². The number of hydrogen-bond acceptors (Lipinski definition) is 22. The molecule has 0 radical (unpaired) electrons. The van der Waals surface area contributed by atoms with E-state index in [0.717, 1.165) is 48.6 Å². The summed E-state index contributed by atoms with van der Waals surface area (Å²) < 4.78 is 115. The Bertz CT molecular complexity index is 5840. The number of benzene rings is 6. The van der Waals surface area contributed by atoms with Crippen LogP contribution in [0.3, 0.4) is 0 Å². The van der Waals surface area contributed by atoms with E-state index in [9.17, 15) is 50.3 Å². The van der Waals surface area contributed by atoms with Gasteiger partial charge >= 0.3 is 0 Å². The molecule has 12 rings (SSSR count). The van der Waals surface area contributed by atoms with Gasteiger partial charge in [-0.15, -0.1) is 0 Å². The molecular weight excluding hydrogens is 1650 g/mol. The van der Waals surface area contributed by atoms with E-state index in [1.54, 1.807) is 25.2 Å². The molecule has 6 heterocycles. The molecule has 6 aromatic heterocycles. The van der Waals surface area contributed by atoms with Crippen molar-refractivity contribution in [3.63, 3.8) is 0 Å². The molecular formula is C72H57Cl8F6N15O11. The molecule has 26 nitrogen and oxygen atoms in total. The van der Waals surface area contributed by atoms with Gasteiger partial charge < -0.3 is 61.6 Å². The van der Waals surface area contributed by atoms with Crippen molar-refractivity contribution >= 4 is 183 Å². The number of nitrogen functional groups attached to an aromatic ring is 3. The Hall–Kier alpha value is -11.5. The largest absolute Gasteiger partial charge is 0.495 e. The number of hydrogen-bond donors (Lipinski definition) is 6. The summed E-state index contributed by atoms with van der Waals surface area (Å²) in [4.78, 5) is 85.8. The average molecular weight is 1710 g/mol. The molecule has 0 unspecified atom stereocenters. The van der Waals surface area contributed by atoms with Crippen LogP contribution in [0.4, 0.5) is 72.4 Å². The van der Waals surface area contributed by atoms with E-state index < -0.39 is 57.2 Å². The van der Waals surface area contributed by atoms with Crippen molar-refractivity contribution in [2.24, 2.45) is 21.1 Å². The second kappa shape index (κ2) is 37.0. The number of nitrogens with one attached hydrogen (secondary N) is 3. The standard InChI is InChI=1S/C25H19Cl2F2N5O4.C22H17Cl2F2N5O3.C16H12Cl3N3O3.C6H6F2N2.C3H3ClO/c1-5-19(35)31-15-7-13(28)14(29)8-16(15)32-25-30-10-11-6-12(24(36)34(2)23(11)33-25)20-21(26)17(37-3)9-18(38-4)22(20)27;1-31-20-9(8-28-22(30-20)29-14-6-12(26)11(25)5-13(14)27)4-10(21(31)32)17-18(23)15(33-2)7-16(34-3)19(17)24;1-22-14-7(6-20-16(19)21-14)4-8(15(22)23)11-12(17)9(24-2)5-10(25-3)13(11)18;7-3-1-5(9)6(10)2-4(3)8;1-2-3(4)5/h5-10H,1H2,2-4H3,(H,31,35)(H,30,32,33);4-8H,27H2,1-3H3,(H,28,29,30);4-6H,1-3H3;1-2H,9-10H2;2H,1H2. The van der Waals surface area contributed by atoms with Crippen LogP contribution >= 0.6 is 92.8 Å². The first-order valence-corrected chi connectivity index (χ1v) is 34.1. The Morgan fingerprint density at radius 1 is 0.411 bits per heavy atom. The summed E-state index contributed by atoms with van der Waals surface area (Å²) in [6.45, 7) is 6.41. The van der Waals surface area contributed by atoms with Gasteiger partial charge in [0.1, 0.15) is 51.4 Å². The molecule has 0 saturated carbocycles. The minimum absolute atomic E-state index is 0.0204. The molecule has 112 heavy (non-hydrogen) atoms. The number of halogens is 14. The first kappa shape index (κ1) is 86.1.